The number of aliphatic hydroxyl groups is 1. The Kier molecular flexibility index (Phi) is 4.66. The van der Waals surface area contributed by atoms with Crippen LogP contribution in [0.3, 0.4) is 0 Å². The predicted molar refractivity (Wildman–Crippen MR) is 53.7 cm³/mol. The van der Waals surface area contributed by atoms with Crippen molar-refractivity contribution in [3.63, 3.8) is 0 Å². The number of nitrogens with zero attached hydrogens (tertiary/aromatic N) is 1. The number of piperidine rings is 1. The van der Waals surface area contributed by atoms with E-state index in [1.807, 2.05) is 0 Å². The van der Waals surface area contributed by atoms with Gasteiger partial charge in [0.1, 0.15) is 0 Å². The molecule has 1 fully saturated rings. The summed E-state index contributed by atoms with van der Waals surface area (Å²) < 4.78 is 3.25. The van der Waals surface area contributed by atoms with Gasteiger partial charge in [-0.15, -0.1) is 0 Å². The van der Waals surface area contributed by atoms with Crippen LogP contribution in [0.15, 0.2) is 0 Å². The third kappa shape index (κ3) is 3.23. The molecule has 0 spiro atoms. The first kappa shape index (κ1) is 9.70. The summed E-state index contributed by atoms with van der Waals surface area (Å²) in [6.45, 7) is 3.39. The Morgan fingerprint density at radius 1 is 1.45 bits per heavy atom. The lowest BCUT2D eigenvalue weighted by atomic mass is 10.1. The molecule has 1 heterocycles. The minimum atomic E-state index is 0.294. The van der Waals surface area contributed by atoms with Gasteiger partial charge in [0.15, 0.2) is 0 Å². The van der Waals surface area contributed by atoms with Crippen LogP contribution in [0.2, 0.25) is 0 Å². The topological polar surface area (TPSA) is 35.5 Å². The normalized spacial score (nSPS) is 22.4. The fourth-order valence-electron chi connectivity index (χ4n) is 1.41. The summed E-state index contributed by atoms with van der Waals surface area (Å²) in [6.07, 6.45) is 2.42. The first-order chi connectivity index (χ1) is 5.36. The van der Waals surface area contributed by atoms with Crippen LogP contribution in [0.5, 0.6) is 0 Å². The number of aliphatic hydroxyl groups excluding tert-OH is 1. The molecule has 2 N–H and O–H groups in total. The van der Waals surface area contributed by atoms with Crippen molar-refractivity contribution < 1.29 is 5.11 Å². The van der Waals surface area contributed by atoms with E-state index in [-0.39, 0.29) is 0 Å². The van der Waals surface area contributed by atoms with E-state index in [4.69, 9.17) is 5.11 Å². The molecule has 4 heteroatoms. The molecule has 11 heavy (non-hydrogen) atoms. The SMILES string of the molecule is OCCN1CCC(NI)CC1. The highest BCUT2D eigenvalue weighted by molar-refractivity contribution is 14.1. The fraction of sp³-hybridized carbons (Fsp3) is 1.00. The third-order valence-corrected chi connectivity index (χ3v) is 3.04. The lowest BCUT2D eigenvalue weighted by Crippen LogP contribution is -2.40. The van der Waals surface area contributed by atoms with E-state index in [0.717, 1.165) is 19.6 Å². The van der Waals surface area contributed by atoms with Gasteiger partial charge in [-0.2, -0.15) is 0 Å². The van der Waals surface area contributed by atoms with Crippen molar-refractivity contribution in [3.8, 4) is 0 Å². The second-order valence-corrected chi connectivity index (χ2v) is 3.57. The molecular formula is C7H15IN2O. The van der Waals surface area contributed by atoms with Crippen LogP contribution < -0.4 is 3.53 Å². The molecule has 0 aliphatic carbocycles. The molecule has 0 bridgehead atoms. The van der Waals surface area contributed by atoms with Gasteiger partial charge in [-0.3, -0.25) is 3.53 Å². The van der Waals surface area contributed by atoms with Crippen molar-refractivity contribution in [2.45, 2.75) is 18.9 Å². The quantitative estimate of drug-likeness (QED) is 0.575. The Balaban J connectivity index is 2.14. The number of halogens is 1. The van der Waals surface area contributed by atoms with Crippen LogP contribution in [0.1, 0.15) is 12.8 Å². The van der Waals surface area contributed by atoms with Crippen LogP contribution in [0.25, 0.3) is 0 Å². The molecule has 66 valence electrons. The average Bonchev–Trinajstić information content (AvgIpc) is 2.07. The zero-order valence-corrected chi connectivity index (χ0v) is 8.75. The van der Waals surface area contributed by atoms with Crippen molar-refractivity contribution in [2.75, 3.05) is 26.2 Å². The van der Waals surface area contributed by atoms with Gasteiger partial charge in [0, 0.05) is 35.5 Å². The first-order valence-corrected chi connectivity index (χ1v) is 5.14. The molecule has 0 unspecified atom stereocenters. The van der Waals surface area contributed by atoms with Crippen LogP contribution >= 0.6 is 22.9 Å². The highest BCUT2D eigenvalue weighted by Gasteiger charge is 2.16. The van der Waals surface area contributed by atoms with Crippen LogP contribution in [0.4, 0.5) is 0 Å². The van der Waals surface area contributed by atoms with Crippen molar-refractivity contribution in [3.05, 3.63) is 0 Å². The standard InChI is InChI=1S/C7H15IN2O/c8-9-7-1-3-10(4-2-7)5-6-11/h7,9,11H,1-6H2. The molecule has 3 nitrogen and oxygen atoms in total. The maximum absolute atomic E-state index is 8.68. The van der Waals surface area contributed by atoms with Gasteiger partial charge in [-0.25, -0.2) is 0 Å². The van der Waals surface area contributed by atoms with E-state index >= 15 is 0 Å². The maximum atomic E-state index is 8.68. The molecule has 0 atom stereocenters. The minimum absolute atomic E-state index is 0.294. The van der Waals surface area contributed by atoms with Crippen molar-refractivity contribution in [1.82, 2.24) is 8.43 Å². The van der Waals surface area contributed by atoms with E-state index in [1.165, 1.54) is 12.8 Å². The third-order valence-electron chi connectivity index (χ3n) is 2.16. The fourth-order valence-corrected chi connectivity index (χ4v) is 2.03. The molecule has 0 saturated carbocycles. The number of hydrogen-bond acceptors (Lipinski definition) is 3. The minimum Gasteiger partial charge on any atom is -0.395 e. The van der Waals surface area contributed by atoms with Gasteiger partial charge in [-0.1, -0.05) is 0 Å². The second-order valence-electron chi connectivity index (χ2n) is 2.95. The number of nitrogens with one attached hydrogen (secondary N) is 1. The van der Waals surface area contributed by atoms with E-state index < -0.39 is 0 Å². The van der Waals surface area contributed by atoms with E-state index in [1.54, 1.807) is 0 Å². The largest absolute Gasteiger partial charge is 0.395 e. The Morgan fingerprint density at radius 3 is 2.55 bits per heavy atom. The zero-order valence-electron chi connectivity index (χ0n) is 6.59. The molecule has 0 aromatic carbocycles. The summed E-state index contributed by atoms with van der Waals surface area (Å²) >= 11 is 2.22. The summed E-state index contributed by atoms with van der Waals surface area (Å²) in [4.78, 5) is 2.31. The first-order valence-electron chi connectivity index (χ1n) is 4.06. The van der Waals surface area contributed by atoms with Crippen LogP contribution in [0, 0.1) is 0 Å². The average molecular weight is 270 g/mol. The molecule has 0 aromatic heterocycles. The summed E-state index contributed by atoms with van der Waals surface area (Å²) in [5.41, 5.74) is 0. The molecule has 1 saturated heterocycles. The molecule has 0 amide bonds. The highest BCUT2D eigenvalue weighted by Crippen LogP contribution is 2.10. The van der Waals surface area contributed by atoms with Gasteiger partial charge < -0.3 is 10.0 Å². The molecule has 1 aliphatic heterocycles. The highest BCUT2D eigenvalue weighted by atomic mass is 127. The Hall–Kier alpha value is 0.610. The second kappa shape index (κ2) is 5.29. The van der Waals surface area contributed by atoms with Crippen molar-refractivity contribution in [2.24, 2.45) is 0 Å². The Labute approximate surface area is 81.6 Å². The van der Waals surface area contributed by atoms with Gasteiger partial charge in [0.2, 0.25) is 0 Å². The maximum Gasteiger partial charge on any atom is 0.0558 e. The molecule has 1 aliphatic rings. The van der Waals surface area contributed by atoms with Gasteiger partial charge in [0.05, 0.1) is 6.61 Å². The molecule has 0 aromatic rings. The van der Waals surface area contributed by atoms with Gasteiger partial charge in [-0.05, 0) is 25.9 Å². The van der Waals surface area contributed by atoms with Gasteiger partial charge >= 0.3 is 0 Å². The van der Waals surface area contributed by atoms with E-state index in [9.17, 15) is 0 Å². The predicted octanol–water partition coefficient (Wildman–Crippen LogP) is 0.383. The monoisotopic (exact) mass is 270 g/mol. The van der Waals surface area contributed by atoms with E-state index in [2.05, 4.69) is 31.3 Å². The van der Waals surface area contributed by atoms with Crippen LogP contribution in [-0.2, 0) is 0 Å². The molecule has 1 rings (SSSR count). The number of rotatable bonds is 3. The number of β-amino-alcohol motifs (C(OH)–C–C–N with tert-alkyl or cyclic N) is 1. The molecular weight excluding hydrogens is 255 g/mol. The Bertz CT molecular complexity index is 105. The van der Waals surface area contributed by atoms with Crippen LogP contribution in [-0.4, -0.2) is 42.3 Å². The number of hydrogen-bond donors (Lipinski definition) is 2. The lowest BCUT2D eigenvalue weighted by molar-refractivity contribution is 0.163. The smallest absolute Gasteiger partial charge is 0.0558 e. The van der Waals surface area contributed by atoms with Crippen molar-refractivity contribution >= 4 is 22.9 Å². The molecule has 0 radical (unpaired) electrons. The zero-order chi connectivity index (χ0) is 8.10. The van der Waals surface area contributed by atoms with Crippen molar-refractivity contribution in [1.29, 1.82) is 0 Å². The number of likely N-dealkylation sites (tertiary alicyclic amines) is 1. The summed E-state index contributed by atoms with van der Waals surface area (Å²) in [5.74, 6) is 0. The summed E-state index contributed by atoms with van der Waals surface area (Å²) in [6, 6.07) is 0.686. The van der Waals surface area contributed by atoms with E-state index in [0.29, 0.717) is 12.6 Å². The Morgan fingerprint density at radius 2 is 2.09 bits per heavy atom. The lowest BCUT2D eigenvalue weighted by Gasteiger charge is -2.30. The van der Waals surface area contributed by atoms with Gasteiger partial charge in [0.25, 0.3) is 0 Å². The summed E-state index contributed by atoms with van der Waals surface area (Å²) in [5, 5.41) is 8.68. The summed E-state index contributed by atoms with van der Waals surface area (Å²) in [7, 11) is 0.